The molecule has 1 heterocycles. The lowest BCUT2D eigenvalue weighted by atomic mass is 10.1. The number of carbonyl (C=O) groups excluding carboxylic acids is 1. The third-order valence-electron chi connectivity index (χ3n) is 4.19. The van der Waals surface area contributed by atoms with E-state index in [1.807, 2.05) is 32.0 Å². The van der Waals surface area contributed by atoms with Crippen LogP contribution in [0.25, 0.3) is 11.8 Å². The van der Waals surface area contributed by atoms with Crippen LogP contribution in [0.4, 0.5) is 0 Å². The van der Waals surface area contributed by atoms with Crippen molar-refractivity contribution in [2.75, 3.05) is 14.1 Å². The van der Waals surface area contributed by atoms with Gasteiger partial charge in [0.25, 0.3) is 5.91 Å². The van der Waals surface area contributed by atoms with Gasteiger partial charge in [-0.1, -0.05) is 18.2 Å². The minimum absolute atomic E-state index is 0.141. The zero-order valence-electron chi connectivity index (χ0n) is 15.1. The number of carbonyl (C=O) groups is 1. The Balaban J connectivity index is 2.63. The Bertz CT molecular complexity index is 843. The molecule has 2 aromatic rings. The van der Waals surface area contributed by atoms with E-state index >= 15 is 0 Å². The van der Waals surface area contributed by atoms with Crippen molar-refractivity contribution in [3.8, 4) is 11.8 Å². The fourth-order valence-electron chi connectivity index (χ4n) is 2.97. The number of aromatic nitrogens is 1. The van der Waals surface area contributed by atoms with E-state index in [-0.39, 0.29) is 11.5 Å². The third kappa shape index (κ3) is 3.11. The van der Waals surface area contributed by atoms with Gasteiger partial charge < -0.3 is 9.47 Å². The summed E-state index contributed by atoms with van der Waals surface area (Å²) < 4.78 is 2.19. The van der Waals surface area contributed by atoms with Gasteiger partial charge in [0.05, 0.1) is 5.69 Å². The highest BCUT2D eigenvalue weighted by molar-refractivity contribution is 6.01. The van der Waals surface area contributed by atoms with Gasteiger partial charge in [-0.2, -0.15) is 5.26 Å². The summed E-state index contributed by atoms with van der Waals surface area (Å²) >= 11 is 0. The van der Waals surface area contributed by atoms with Gasteiger partial charge in [-0.3, -0.25) is 4.79 Å². The van der Waals surface area contributed by atoms with Crippen LogP contribution >= 0.6 is 0 Å². The number of rotatable bonds is 3. The molecule has 0 aliphatic carbocycles. The zero-order chi connectivity index (χ0) is 18.0. The Morgan fingerprint density at radius 3 is 2.25 bits per heavy atom. The van der Waals surface area contributed by atoms with Gasteiger partial charge in [-0.05, 0) is 56.5 Å². The van der Waals surface area contributed by atoms with Gasteiger partial charge in [0.1, 0.15) is 11.6 Å². The molecular weight excluding hydrogens is 298 g/mol. The Morgan fingerprint density at radius 1 is 1.17 bits per heavy atom. The van der Waals surface area contributed by atoms with E-state index in [4.69, 9.17) is 0 Å². The van der Waals surface area contributed by atoms with Gasteiger partial charge >= 0.3 is 0 Å². The van der Waals surface area contributed by atoms with E-state index in [1.165, 1.54) is 16.0 Å². The summed E-state index contributed by atoms with van der Waals surface area (Å²) in [6, 6.07) is 10.3. The number of aryl methyl sites for hydroxylation is 3. The summed E-state index contributed by atoms with van der Waals surface area (Å²) in [5.74, 6) is -0.283. The summed E-state index contributed by atoms with van der Waals surface area (Å²) in [4.78, 5) is 13.5. The maximum Gasteiger partial charge on any atom is 0.264 e. The number of nitrogens with zero attached hydrogens (tertiary/aromatic N) is 3. The van der Waals surface area contributed by atoms with Crippen molar-refractivity contribution < 1.29 is 4.79 Å². The third-order valence-corrected chi connectivity index (χ3v) is 4.19. The van der Waals surface area contributed by atoms with Crippen LogP contribution in [0.1, 0.15) is 28.1 Å². The standard InChI is InChI=1S/C20H23N3O/c1-13-8-7-9-14(2)19(13)23-15(3)10-17(16(23)4)11-18(12-21)20(24)22(5)6/h7-11H,1-6H3/b18-11-. The largest absolute Gasteiger partial charge is 0.344 e. The fourth-order valence-corrected chi connectivity index (χ4v) is 2.97. The highest BCUT2D eigenvalue weighted by Gasteiger charge is 2.16. The predicted octanol–water partition coefficient (Wildman–Crippen LogP) is 3.71. The summed E-state index contributed by atoms with van der Waals surface area (Å²) in [6.07, 6.45) is 1.68. The zero-order valence-corrected chi connectivity index (χ0v) is 15.1. The number of nitriles is 1. The fraction of sp³-hybridized carbons (Fsp3) is 0.300. The molecule has 0 N–H and O–H groups in total. The van der Waals surface area contributed by atoms with Crippen molar-refractivity contribution in [1.29, 1.82) is 5.26 Å². The van der Waals surface area contributed by atoms with Gasteiger partial charge in [-0.25, -0.2) is 0 Å². The first kappa shape index (κ1) is 17.6. The Labute approximate surface area is 143 Å². The number of hydrogen-bond acceptors (Lipinski definition) is 2. The second kappa shape index (κ2) is 6.76. The average Bonchev–Trinajstić information content (AvgIpc) is 2.79. The number of amides is 1. The van der Waals surface area contributed by atoms with Crippen LogP contribution in [-0.4, -0.2) is 29.5 Å². The van der Waals surface area contributed by atoms with Gasteiger partial charge in [-0.15, -0.1) is 0 Å². The molecule has 1 aromatic heterocycles. The number of likely N-dealkylation sites (N-methyl/N-ethyl adjacent to an activating group) is 1. The Hall–Kier alpha value is -2.80. The van der Waals surface area contributed by atoms with Crippen molar-refractivity contribution in [3.63, 3.8) is 0 Å². The van der Waals surface area contributed by atoms with Crippen LogP contribution in [0, 0.1) is 39.0 Å². The summed E-state index contributed by atoms with van der Waals surface area (Å²) in [7, 11) is 3.29. The molecule has 0 radical (unpaired) electrons. The average molecular weight is 321 g/mol. The van der Waals surface area contributed by atoms with Crippen LogP contribution in [0.15, 0.2) is 29.8 Å². The molecule has 0 atom stereocenters. The highest BCUT2D eigenvalue weighted by atomic mass is 16.2. The van der Waals surface area contributed by atoms with Crippen LogP contribution in [0.2, 0.25) is 0 Å². The molecular formula is C20H23N3O. The maximum absolute atomic E-state index is 12.1. The second-order valence-corrected chi connectivity index (χ2v) is 6.27. The molecule has 24 heavy (non-hydrogen) atoms. The molecule has 0 aliphatic rings. The Kier molecular flexibility index (Phi) is 4.94. The molecule has 2 rings (SSSR count). The molecule has 124 valence electrons. The van der Waals surface area contributed by atoms with Gasteiger partial charge in [0, 0.05) is 25.5 Å². The minimum atomic E-state index is -0.283. The van der Waals surface area contributed by atoms with Crippen molar-refractivity contribution in [3.05, 3.63) is 57.9 Å². The van der Waals surface area contributed by atoms with Crippen molar-refractivity contribution in [2.45, 2.75) is 27.7 Å². The molecule has 4 heteroatoms. The molecule has 0 saturated carbocycles. The maximum atomic E-state index is 12.1. The van der Waals surface area contributed by atoms with E-state index in [0.717, 1.165) is 22.6 Å². The SMILES string of the molecule is Cc1cccc(C)c1-n1c(C)cc(/C=C(/C#N)C(=O)N(C)C)c1C. The first-order valence-corrected chi connectivity index (χ1v) is 7.87. The highest BCUT2D eigenvalue weighted by Crippen LogP contribution is 2.27. The van der Waals surface area contributed by atoms with E-state index in [2.05, 4.69) is 30.5 Å². The summed E-state index contributed by atoms with van der Waals surface area (Å²) in [5, 5.41) is 9.31. The quantitative estimate of drug-likeness (QED) is 0.639. The van der Waals surface area contributed by atoms with E-state index < -0.39 is 0 Å². The van der Waals surface area contributed by atoms with Gasteiger partial charge in [0.2, 0.25) is 0 Å². The molecule has 1 amide bonds. The lowest BCUT2D eigenvalue weighted by Crippen LogP contribution is -2.22. The summed E-state index contributed by atoms with van der Waals surface area (Å²) in [6.45, 7) is 8.23. The first-order chi connectivity index (χ1) is 11.3. The molecule has 0 unspecified atom stereocenters. The summed E-state index contributed by atoms with van der Waals surface area (Å²) in [5.41, 5.74) is 6.66. The van der Waals surface area contributed by atoms with Crippen molar-refractivity contribution >= 4 is 12.0 Å². The first-order valence-electron chi connectivity index (χ1n) is 7.87. The number of benzene rings is 1. The lowest BCUT2D eigenvalue weighted by Gasteiger charge is -2.15. The van der Waals surface area contributed by atoms with Crippen LogP contribution < -0.4 is 0 Å². The minimum Gasteiger partial charge on any atom is -0.344 e. The molecule has 0 aliphatic heterocycles. The smallest absolute Gasteiger partial charge is 0.264 e. The van der Waals surface area contributed by atoms with Crippen LogP contribution in [-0.2, 0) is 4.79 Å². The second-order valence-electron chi connectivity index (χ2n) is 6.27. The van der Waals surface area contributed by atoms with E-state index in [1.54, 1.807) is 20.2 Å². The molecule has 1 aromatic carbocycles. The lowest BCUT2D eigenvalue weighted by molar-refractivity contribution is -0.124. The normalized spacial score (nSPS) is 11.3. The predicted molar refractivity (Wildman–Crippen MR) is 97.0 cm³/mol. The molecule has 0 saturated heterocycles. The van der Waals surface area contributed by atoms with Crippen LogP contribution in [0.3, 0.4) is 0 Å². The Morgan fingerprint density at radius 2 is 1.75 bits per heavy atom. The van der Waals surface area contributed by atoms with E-state index in [9.17, 15) is 10.1 Å². The van der Waals surface area contributed by atoms with Crippen molar-refractivity contribution in [1.82, 2.24) is 9.47 Å². The number of hydrogen-bond donors (Lipinski definition) is 0. The molecule has 4 nitrogen and oxygen atoms in total. The monoisotopic (exact) mass is 321 g/mol. The molecule has 0 fully saturated rings. The van der Waals surface area contributed by atoms with Crippen LogP contribution in [0.5, 0.6) is 0 Å². The van der Waals surface area contributed by atoms with Gasteiger partial charge in [0.15, 0.2) is 0 Å². The topological polar surface area (TPSA) is 49.0 Å². The molecule has 0 spiro atoms. The number of para-hydroxylation sites is 1. The van der Waals surface area contributed by atoms with Crippen molar-refractivity contribution in [2.24, 2.45) is 0 Å². The molecule has 0 bridgehead atoms. The van der Waals surface area contributed by atoms with E-state index in [0.29, 0.717) is 0 Å².